The van der Waals surface area contributed by atoms with Crippen molar-refractivity contribution in [2.75, 3.05) is 29.1 Å². The number of sulfonamides is 1. The van der Waals surface area contributed by atoms with Crippen molar-refractivity contribution in [2.45, 2.75) is 19.2 Å². The molecule has 148 valence electrons. The van der Waals surface area contributed by atoms with Gasteiger partial charge in [-0.25, -0.2) is 22.3 Å². The monoisotopic (exact) mass is 406 g/mol. The highest BCUT2D eigenvalue weighted by atomic mass is 32.2. The first-order valence-corrected chi connectivity index (χ1v) is 10.6. The van der Waals surface area contributed by atoms with E-state index in [4.69, 9.17) is 4.74 Å². The van der Waals surface area contributed by atoms with E-state index in [0.29, 0.717) is 24.5 Å². The van der Waals surface area contributed by atoms with E-state index in [1.165, 1.54) is 11.0 Å². The van der Waals surface area contributed by atoms with Crippen LogP contribution in [0, 0.1) is 5.82 Å². The predicted molar refractivity (Wildman–Crippen MR) is 101 cm³/mol. The molecular weight excluding hydrogens is 387 g/mol. The summed E-state index contributed by atoms with van der Waals surface area (Å²) in [6.45, 7) is 1.21. The van der Waals surface area contributed by atoms with Crippen molar-refractivity contribution < 1.29 is 22.3 Å². The Bertz CT molecular complexity index is 1000. The van der Waals surface area contributed by atoms with Crippen LogP contribution in [-0.4, -0.2) is 44.9 Å². The first-order valence-electron chi connectivity index (χ1n) is 8.70. The minimum absolute atomic E-state index is 0.0271. The molecule has 1 atom stereocenters. The fourth-order valence-corrected chi connectivity index (χ4v) is 3.86. The summed E-state index contributed by atoms with van der Waals surface area (Å²) in [5.74, 6) is -0.448. The Balaban J connectivity index is 1.47. The number of amides is 1. The van der Waals surface area contributed by atoms with Crippen LogP contribution in [0.4, 0.5) is 20.6 Å². The number of halogens is 1. The van der Waals surface area contributed by atoms with E-state index in [-0.39, 0.29) is 13.1 Å². The fraction of sp³-hybridized carbons (Fsp3) is 0.333. The van der Waals surface area contributed by atoms with E-state index in [2.05, 4.69) is 9.71 Å². The number of aromatic nitrogens is 1. The number of carbonyl (C=O) groups excluding carboxylic acids is 1. The van der Waals surface area contributed by atoms with Crippen LogP contribution in [0.25, 0.3) is 0 Å². The van der Waals surface area contributed by atoms with E-state index in [9.17, 15) is 17.6 Å². The highest BCUT2D eigenvalue weighted by Crippen LogP contribution is 2.32. The third-order valence-corrected chi connectivity index (χ3v) is 5.41. The van der Waals surface area contributed by atoms with Crippen LogP contribution < -0.4 is 14.5 Å². The number of ether oxygens (including phenoxy) is 1. The average molecular weight is 406 g/mol. The van der Waals surface area contributed by atoms with Crippen LogP contribution >= 0.6 is 0 Å². The van der Waals surface area contributed by atoms with Gasteiger partial charge in [0.2, 0.25) is 10.0 Å². The van der Waals surface area contributed by atoms with Gasteiger partial charge in [0.15, 0.2) is 0 Å². The van der Waals surface area contributed by atoms with E-state index < -0.39 is 28.0 Å². The Hall–Kier alpha value is -2.72. The van der Waals surface area contributed by atoms with Gasteiger partial charge >= 0.3 is 6.09 Å². The van der Waals surface area contributed by atoms with Gasteiger partial charge in [0.05, 0.1) is 36.4 Å². The molecule has 1 saturated heterocycles. The number of fused-ring (bicyclic) bond motifs is 1. The number of pyridine rings is 1. The zero-order chi connectivity index (χ0) is 19.9. The number of carbonyl (C=O) groups is 1. The second-order valence-electron chi connectivity index (χ2n) is 6.84. The Labute approximate surface area is 162 Å². The quantitative estimate of drug-likeness (QED) is 0.811. The largest absolute Gasteiger partial charge is 0.443 e. The van der Waals surface area contributed by atoms with Crippen molar-refractivity contribution in [3.05, 3.63) is 53.6 Å². The third kappa shape index (κ3) is 3.78. The molecule has 0 aliphatic carbocycles. The summed E-state index contributed by atoms with van der Waals surface area (Å²) in [7, 11) is -3.39. The number of benzene rings is 1. The maximum atomic E-state index is 14.8. The summed E-state index contributed by atoms with van der Waals surface area (Å²) in [6, 6.07) is 8.41. The molecule has 0 radical (unpaired) electrons. The lowest BCUT2D eigenvalue weighted by Gasteiger charge is -2.20. The molecule has 8 nitrogen and oxygen atoms in total. The molecule has 1 N–H and O–H groups in total. The molecule has 1 amide bonds. The number of hydrogen-bond donors (Lipinski definition) is 1. The first-order chi connectivity index (χ1) is 13.3. The zero-order valence-corrected chi connectivity index (χ0v) is 15.9. The SMILES string of the molecule is CS(=O)(=O)NC[C@H]1CN(c2ccc(N3Cc4cccnc4C3)c(F)c2)C(=O)O1. The molecule has 1 aromatic carbocycles. The molecule has 2 aromatic rings. The van der Waals surface area contributed by atoms with Crippen molar-refractivity contribution in [2.24, 2.45) is 0 Å². The summed E-state index contributed by atoms with van der Waals surface area (Å²) >= 11 is 0. The van der Waals surface area contributed by atoms with Gasteiger partial charge in [-0.05, 0) is 29.8 Å². The Kier molecular flexibility index (Phi) is 4.68. The van der Waals surface area contributed by atoms with Crippen molar-refractivity contribution in [1.82, 2.24) is 9.71 Å². The van der Waals surface area contributed by atoms with Crippen LogP contribution in [0.3, 0.4) is 0 Å². The van der Waals surface area contributed by atoms with Crippen molar-refractivity contribution in [1.29, 1.82) is 0 Å². The molecule has 0 spiro atoms. The fourth-order valence-electron chi connectivity index (χ4n) is 3.37. The summed E-state index contributed by atoms with van der Waals surface area (Å²) in [5.41, 5.74) is 2.79. The lowest BCUT2D eigenvalue weighted by molar-refractivity contribution is 0.143. The number of cyclic esters (lactones) is 1. The molecule has 1 fully saturated rings. The molecule has 3 heterocycles. The first kappa shape index (κ1) is 18.6. The smallest absolute Gasteiger partial charge is 0.414 e. The van der Waals surface area contributed by atoms with Crippen LogP contribution in [0.2, 0.25) is 0 Å². The topological polar surface area (TPSA) is 91.8 Å². The molecule has 0 unspecified atom stereocenters. The molecule has 28 heavy (non-hydrogen) atoms. The Morgan fingerprint density at radius 2 is 2.14 bits per heavy atom. The van der Waals surface area contributed by atoms with Gasteiger partial charge in [0.25, 0.3) is 0 Å². The second-order valence-corrected chi connectivity index (χ2v) is 8.67. The number of hydrogen-bond acceptors (Lipinski definition) is 6. The van der Waals surface area contributed by atoms with Crippen molar-refractivity contribution >= 4 is 27.5 Å². The van der Waals surface area contributed by atoms with E-state index in [1.54, 1.807) is 18.3 Å². The molecule has 4 rings (SSSR count). The lowest BCUT2D eigenvalue weighted by Crippen LogP contribution is -2.34. The van der Waals surface area contributed by atoms with E-state index >= 15 is 0 Å². The highest BCUT2D eigenvalue weighted by molar-refractivity contribution is 7.88. The molecule has 0 saturated carbocycles. The van der Waals surface area contributed by atoms with Gasteiger partial charge in [-0.15, -0.1) is 0 Å². The highest BCUT2D eigenvalue weighted by Gasteiger charge is 2.33. The molecular formula is C18H19FN4O4S. The van der Waals surface area contributed by atoms with Crippen molar-refractivity contribution in [3.63, 3.8) is 0 Å². The molecule has 10 heteroatoms. The van der Waals surface area contributed by atoms with Crippen LogP contribution in [0.5, 0.6) is 0 Å². The minimum Gasteiger partial charge on any atom is -0.443 e. The summed E-state index contributed by atoms with van der Waals surface area (Å²) < 4.78 is 44.6. The third-order valence-electron chi connectivity index (χ3n) is 4.72. The predicted octanol–water partition coefficient (Wildman–Crippen LogP) is 1.62. The minimum atomic E-state index is -3.39. The number of nitrogens with one attached hydrogen (secondary N) is 1. The van der Waals surface area contributed by atoms with Gasteiger partial charge in [-0.2, -0.15) is 0 Å². The van der Waals surface area contributed by atoms with Crippen LogP contribution in [-0.2, 0) is 27.8 Å². The maximum absolute atomic E-state index is 14.8. The van der Waals surface area contributed by atoms with E-state index in [0.717, 1.165) is 17.5 Å². The number of anilines is 2. The summed E-state index contributed by atoms with van der Waals surface area (Å²) in [5, 5.41) is 0. The van der Waals surface area contributed by atoms with Crippen molar-refractivity contribution in [3.8, 4) is 0 Å². The normalized spacial score (nSPS) is 19.1. The number of rotatable bonds is 5. The average Bonchev–Trinajstić information content (AvgIpc) is 3.22. The molecule has 1 aromatic heterocycles. The molecule has 2 aliphatic rings. The van der Waals surface area contributed by atoms with Crippen LogP contribution in [0.1, 0.15) is 11.3 Å². The Morgan fingerprint density at radius 3 is 2.86 bits per heavy atom. The molecule has 2 aliphatic heterocycles. The summed E-state index contributed by atoms with van der Waals surface area (Å²) in [6.07, 6.45) is 1.48. The Morgan fingerprint density at radius 1 is 1.32 bits per heavy atom. The maximum Gasteiger partial charge on any atom is 0.414 e. The van der Waals surface area contributed by atoms with Gasteiger partial charge in [-0.1, -0.05) is 6.07 Å². The van der Waals surface area contributed by atoms with Gasteiger partial charge in [0, 0.05) is 19.3 Å². The zero-order valence-electron chi connectivity index (χ0n) is 15.1. The standard InChI is InChI=1S/C18H19FN4O4S/c1-28(25,26)21-8-14-10-23(18(24)27-14)13-4-5-17(15(19)7-13)22-9-12-3-2-6-20-16(12)11-22/h2-7,14,21H,8-11H2,1H3/t14-/m0/s1. The van der Waals surface area contributed by atoms with E-state index in [1.807, 2.05) is 17.0 Å². The van der Waals surface area contributed by atoms with Gasteiger partial charge < -0.3 is 9.64 Å². The number of nitrogens with zero attached hydrogens (tertiary/aromatic N) is 3. The van der Waals surface area contributed by atoms with Crippen LogP contribution in [0.15, 0.2) is 36.5 Å². The van der Waals surface area contributed by atoms with Gasteiger partial charge in [0.1, 0.15) is 11.9 Å². The second kappa shape index (κ2) is 7.02. The molecule has 0 bridgehead atoms. The van der Waals surface area contributed by atoms with Gasteiger partial charge in [-0.3, -0.25) is 9.88 Å². The summed E-state index contributed by atoms with van der Waals surface area (Å²) in [4.78, 5) is 19.6. The lowest BCUT2D eigenvalue weighted by atomic mass is 10.2.